The van der Waals surface area contributed by atoms with Crippen LogP contribution >= 0.6 is 11.3 Å². The van der Waals surface area contributed by atoms with Crippen LogP contribution in [0.3, 0.4) is 0 Å². The van der Waals surface area contributed by atoms with Crippen LogP contribution in [0.2, 0.25) is 0 Å². The van der Waals surface area contributed by atoms with E-state index in [0.717, 1.165) is 19.6 Å². The molecule has 1 N–H and O–H groups in total. The van der Waals surface area contributed by atoms with Crippen molar-refractivity contribution >= 4 is 21.4 Å². The van der Waals surface area contributed by atoms with E-state index in [9.17, 15) is 0 Å². The van der Waals surface area contributed by atoms with E-state index in [1.165, 1.54) is 34.9 Å². The Morgan fingerprint density at radius 2 is 2.30 bits per heavy atom. The minimum absolute atomic E-state index is 0.322. The maximum atomic E-state index is 6.06. The molecule has 20 heavy (non-hydrogen) atoms. The van der Waals surface area contributed by atoms with Crippen LogP contribution in [-0.2, 0) is 4.74 Å². The van der Waals surface area contributed by atoms with Crippen LogP contribution in [0.5, 0.6) is 0 Å². The zero-order chi connectivity index (χ0) is 13.8. The van der Waals surface area contributed by atoms with Gasteiger partial charge in [0.25, 0.3) is 0 Å². The SMILES string of the molecule is CCCNC(c1cccc2ccsc12)C1CCCCO1. The van der Waals surface area contributed by atoms with Gasteiger partial charge in [-0.15, -0.1) is 11.3 Å². The maximum Gasteiger partial charge on any atom is 0.0770 e. The lowest BCUT2D eigenvalue weighted by Gasteiger charge is -2.32. The number of nitrogens with one attached hydrogen (secondary N) is 1. The number of fused-ring (bicyclic) bond motifs is 1. The molecule has 1 aromatic carbocycles. The summed E-state index contributed by atoms with van der Waals surface area (Å²) in [6.07, 6.45) is 5.14. The van der Waals surface area contributed by atoms with Crippen molar-refractivity contribution in [3.8, 4) is 0 Å². The highest BCUT2D eigenvalue weighted by Crippen LogP contribution is 2.33. The van der Waals surface area contributed by atoms with Crippen molar-refractivity contribution in [3.05, 3.63) is 35.2 Å². The molecule has 2 unspecified atom stereocenters. The van der Waals surface area contributed by atoms with Crippen LogP contribution in [0.1, 0.15) is 44.2 Å². The molecule has 108 valence electrons. The molecular weight excluding hydrogens is 266 g/mol. The molecule has 1 saturated heterocycles. The summed E-state index contributed by atoms with van der Waals surface area (Å²) in [6, 6.07) is 9.19. The zero-order valence-electron chi connectivity index (χ0n) is 12.1. The van der Waals surface area contributed by atoms with Gasteiger partial charge in [-0.3, -0.25) is 0 Å². The topological polar surface area (TPSA) is 21.3 Å². The first-order chi connectivity index (χ1) is 9.90. The normalized spacial score (nSPS) is 21.1. The number of thiophene rings is 1. The summed E-state index contributed by atoms with van der Waals surface area (Å²) in [5, 5.41) is 7.26. The largest absolute Gasteiger partial charge is 0.376 e. The lowest BCUT2D eigenvalue weighted by molar-refractivity contribution is -0.00782. The van der Waals surface area contributed by atoms with Gasteiger partial charge in [0, 0.05) is 11.3 Å². The predicted molar refractivity (Wildman–Crippen MR) is 86.5 cm³/mol. The van der Waals surface area contributed by atoms with Gasteiger partial charge in [-0.25, -0.2) is 0 Å². The fourth-order valence-electron chi connectivity index (χ4n) is 3.03. The Morgan fingerprint density at radius 3 is 3.10 bits per heavy atom. The van der Waals surface area contributed by atoms with Crippen molar-refractivity contribution in [1.29, 1.82) is 0 Å². The smallest absolute Gasteiger partial charge is 0.0770 e. The second-order valence-corrected chi connectivity index (χ2v) is 6.44. The highest BCUT2D eigenvalue weighted by Gasteiger charge is 2.26. The van der Waals surface area contributed by atoms with Crippen LogP contribution in [0, 0.1) is 0 Å². The Bertz CT molecular complexity index is 545. The van der Waals surface area contributed by atoms with Gasteiger partial charge in [0.05, 0.1) is 12.1 Å². The molecule has 1 aliphatic heterocycles. The first-order valence-corrected chi connectivity index (χ1v) is 8.59. The first kappa shape index (κ1) is 14.1. The average molecular weight is 289 g/mol. The van der Waals surface area contributed by atoms with E-state index < -0.39 is 0 Å². The Morgan fingerprint density at radius 1 is 1.35 bits per heavy atom. The molecule has 2 heterocycles. The van der Waals surface area contributed by atoms with Gasteiger partial charge < -0.3 is 10.1 Å². The minimum atomic E-state index is 0.322. The summed E-state index contributed by atoms with van der Waals surface area (Å²) in [5.74, 6) is 0. The molecule has 0 amide bonds. The van der Waals surface area contributed by atoms with Crippen molar-refractivity contribution in [2.45, 2.75) is 44.8 Å². The van der Waals surface area contributed by atoms with E-state index in [2.05, 4.69) is 41.9 Å². The number of hydrogen-bond acceptors (Lipinski definition) is 3. The molecule has 3 rings (SSSR count). The monoisotopic (exact) mass is 289 g/mol. The third-order valence-corrected chi connectivity index (χ3v) is 5.02. The fourth-order valence-corrected chi connectivity index (χ4v) is 3.99. The van der Waals surface area contributed by atoms with Crippen LogP contribution in [0.25, 0.3) is 10.1 Å². The van der Waals surface area contributed by atoms with E-state index in [-0.39, 0.29) is 0 Å². The summed E-state index contributed by atoms with van der Waals surface area (Å²) in [7, 11) is 0. The Balaban J connectivity index is 1.92. The highest BCUT2D eigenvalue weighted by atomic mass is 32.1. The van der Waals surface area contributed by atoms with Gasteiger partial charge in [0.15, 0.2) is 0 Å². The Kier molecular flexibility index (Phi) is 4.71. The third kappa shape index (κ3) is 2.90. The van der Waals surface area contributed by atoms with Crippen molar-refractivity contribution in [2.75, 3.05) is 13.2 Å². The molecule has 3 heteroatoms. The van der Waals surface area contributed by atoms with Gasteiger partial charge in [0.1, 0.15) is 0 Å². The van der Waals surface area contributed by atoms with Gasteiger partial charge in [0.2, 0.25) is 0 Å². The van der Waals surface area contributed by atoms with Crippen molar-refractivity contribution in [1.82, 2.24) is 5.32 Å². The molecule has 0 spiro atoms. The molecule has 1 fully saturated rings. The van der Waals surface area contributed by atoms with Crippen LogP contribution in [0.15, 0.2) is 29.6 Å². The lowest BCUT2D eigenvalue weighted by atomic mass is 9.95. The summed E-state index contributed by atoms with van der Waals surface area (Å²) >= 11 is 1.84. The van der Waals surface area contributed by atoms with E-state index in [1.54, 1.807) is 0 Å². The van der Waals surface area contributed by atoms with Gasteiger partial charge in [-0.1, -0.05) is 25.1 Å². The standard InChI is InChI=1S/C17H23NOS/c1-2-10-18-16(15-8-3-4-11-19-15)14-7-5-6-13-9-12-20-17(13)14/h5-7,9,12,15-16,18H,2-4,8,10-11H2,1H3. The lowest BCUT2D eigenvalue weighted by Crippen LogP contribution is -2.36. The van der Waals surface area contributed by atoms with Crippen molar-refractivity contribution in [2.24, 2.45) is 0 Å². The van der Waals surface area contributed by atoms with Crippen LogP contribution in [-0.4, -0.2) is 19.3 Å². The number of benzene rings is 1. The molecule has 1 aromatic heterocycles. The maximum absolute atomic E-state index is 6.06. The van der Waals surface area contributed by atoms with Crippen molar-refractivity contribution in [3.63, 3.8) is 0 Å². The quantitative estimate of drug-likeness (QED) is 0.874. The summed E-state index contributed by atoms with van der Waals surface area (Å²) in [4.78, 5) is 0. The summed E-state index contributed by atoms with van der Waals surface area (Å²) < 4.78 is 7.47. The second-order valence-electron chi connectivity index (χ2n) is 5.52. The molecular formula is C17H23NOS. The van der Waals surface area contributed by atoms with Crippen LogP contribution in [0.4, 0.5) is 0 Å². The molecule has 0 aliphatic carbocycles. The third-order valence-electron chi connectivity index (χ3n) is 4.05. The summed E-state index contributed by atoms with van der Waals surface area (Å²) in [5.41, 5.74) is 1.41. The molecule has 0 bridgehead atoms. The van der Waals surface area contributed by atoms with E-state index >= 15 is 0 Å². The molecule has 2 nitrogen and oxygen atoms in total. The van der Waals surface area contributed by atoms with E-state index in [0.29, 0.717) is 12.1 Å². The van der Waals surface area contributed by atoms with E-state index in [1.807, 2.05) is 11.3 Å². The van der Waals surface area contributed by atoms with Crippen LogP contribution < -0.4 is 5.32 Å². The molecule has 1 aliphatic rings. The van der Waals surface area contributed by atoms with Gasteiger partial charge in [-0.2, -0.15) is 0 Å². The number of rotatable bonds is 5. The Hall–Kier alpha value is -0.900. The summed E-state index contributed by atoms with van der Waals surface area (Å²) in [6.45, 7) is 4.18. The van der Waals surface area contributed by atoms with Gasteiger partial charge >= 0.3 is 0 Å². The second kappa shape index (κ2) is 6.70. The minimum Gasteiger partial charge on any atom is -0.376 e. The first-order valence-electron chi connectivity index (χ1n) is 7.71. The predicted octanol–water partition coefficient (Wildman–Crippen LogP) is 4.51. The average Bonchev–Trinajstić information content (AvgIpc) is 2.98. The van der Waals surface area contributed by atoms with E-state index in [4.69, 9.17) is 4.74 Å². The van der Waals surface area contributed by atoms with Crippen molar-refractivity contribution < 1.29 is 4.74 Å². The zero-order valence-corrected chi connectivity index (χ0v) is 12.9. The van der Waals surface area contributed by atoms with Gasteiger partial charge in [-0.05, 0) is 54.6 Å². The fraction of sp³-hybridized carbons (Fsp3) is 0.529. The number of hydrogen-bond donors (Lipinski definition) is 1. The molecule has 2 aromatic rings. The highest BCUT2D eigenvalue weighted by molar-refractivity contribution is 7.17. The molecule has 0 saturated carbocycles. The molecule has 2 atom stereocenters. The Labute approximate surface area is 125 Å². The molecule has 0 radical (unpaired) electrons. The number of ether oxygens (including phenoxy) is 1.